The number of pyridine rings is 1. The van der Waals surface area contributed by atoms with Gasteiger partial charge in [-0.15, -0.1) is 11.3 Å². The molecule has 30 heavy (non-hydrogen) atoms. The molecule has 0 aliphatic rings. The molecule has 150 valence electrons. The predicted molar refractivity (Wildman–Crippen MR) is 117 cm³/mol. The molecule has 4 rings (SSSR count). The van der Waals surface area contributed by atoms with E-state index in [2.05, 4.69) is 20.3 Å². The van der Waals surface area contributed by atoms with E-state index >= 15 is 0 Å². The number of rotatable bonds is 6. The van der Waals surface area contributed by atoms with Gasteiger partial charge in [0, 0.05) is 40.7 Å². The monoisotopic (exact) mass is 416 g/mol. The van der Waals surface area contributed by atoms with E-state index in [4.69, 9.17) is 0 Å². The van der Waals surface area contributed by atoms with Gasteiger partial charge in [0.25, 0.3) is 11.5 Å². The second-order valence-electron chi connectivity index (χ2n) is 6.91. The Kier molecular flexibility index (Phi) is 5.81. The van der Waals surface area contributed by atoms with Crippen LogP contribution in [0.15, 0.2) is 77.2 Å². The topological polar surface area (TPSA) is 87.7 Å². The number of hydrogen-bond donors (Lipinski definition) is 2. The summed E-state index contributed by atoms with van der Waals surface area (Å²) in [6.07, 6.45) is 3.70. The van der Waals surface area contributed by atoms with Gasteiger partial charge in [0.15, 0.2) is 0 Å². The van der Waals surface area contributed by atoms with E-state index in [1.165, 1.54) is 17.4 Å². The lowest BCUT2D eigenvalue weighted by atomic mass is 10.0. The summed E-state index contributed by atoms with van der Waals surface area (Å²) in [7, 11) is 0. The Hall–Kier alpha value is -3.58. The van der Waals surface area contributed by atoms with Crippen LogP contribution < -0.4 is 10.9 Å². The van der Waals surface area contributed by atoms with Gasteiger partial charge in [-0.25, -0.2) is 4.98 Å². The summed E-state index contributed by atoms with van der Waals surface area (Å²) < 4.78 is 0. The summed E-state index contributed by atoms with van der Waals surface area (Å²) in [6, 6.07) is 16.3. The van der Waals surface area contributed by atoms with Crippen LogP contribution in [0.25, 0.3) is 11.4 Å². The molecular formula is C23H20N4O2S. The maximum atomic E-state index is 12.8. The lowest BCUT2D eigenvalue weighted by Crippen LogP contribution is -2.30. The zero-order valence-corrected chi connectivity index (χ0v) is 17.1. The van der Waals surface area contributed by atoms with Crippen molar-refractivity contribution < 1.29 is 4.79 Å². The summed E-state index contributed by atoms with van der Waals surface area (Å²) in [5.41, 5.74) is 2.65. The summed E-state index contributed by atoms with van der Waals surface area (Å²) >= 11 is 1.54. The van der Waals surface area contributed by atoms with Crippen molar-refractivity contribution >= 4 is 17.2 Å². The molecule has 0 bridgehead atoms. The van der Waals surface area contributed by atoms with E-state index in [1.807, 2.05) is 54.8 Å². The summed E-state index contributed by atoms with van der Waals surface area (Å²) in [6.45, 7) is 1.97. The minimum atomic E-state index is -0.324. The standard InChI is InChI=1S/C23H20N4O2S/c1-15-10-18(14-30-15)23(29)26-20(16-6-3-2-4-7-16)11-19-12-21(28)27-22(25-19)17-8-5-9-24-13-17/h2-10,12-14,20H,11H2,1H3,(H,26,29)(H,25,27,28)/t20-/m0/s1. The molecule has 0 radical (unpaired) electrons. The highest BCUT2D eigenvalue weighted by molar-refractivity contribution is 7.10. The van der Waals surface area contributed by atoms with Crippen LogP contribution in [0.3, 0.4) is 0 Å². The molecule has 0 fully saturated rings. The number of thiophene rings is 1. The van der Waals surface area contributed by atoms with Crippen molar-refractivity contribution in [1.29, 1.82) is 0 Å². The van der Waals surface area contributed by atoms with E-state index in [0.717, 1.165) is 16.0 Å². The van der Waals surface area contributed by atoms with Gasteiger partial charge in [-0.3, -0.25) is 14.6 Å². The summed E-state index contributed by atoms with van der Waals surface area (Å²) in [4.78, 5) is 37.6. The van der Waals surface area contributed by atoms with E-state index in [0.29, 0.717) is 23.5 Å². The molecule has 3 heterocycles. The molecule has 1 atom stereocenters. The quantitative estimate of drug-likeness (QED) is 0.499. The molecule has 0 aliphatic carbocycles. The normalized spacial score (nSPS) is 11.8. The van der Waals surface area contributed by atoms with Crippen molar-refractivity contribution in [3.8, 4) is 11.4 Å². The minimum Gasteiger partial charge on any atom is -0.345 e. The Morgan fingerprint density at radius 1 is 1.17 bits per heavy atom. The zero-order chi connectivity index (χ0) is 20.9. The smallest absolute Gasteiger partial charge is 0.252 e. The number of aromatic amines is 1. The number of amides is 1. The molecule has 6 nitrogen and oxygen atoms in total. The Morgan fingerprint density at radius 2 is 2.00 bits per heavy atom. The van der Waals surface area contributed by atoms with Crippen LogP contribution in [0.1, 0.15) is 32.5 Å². The third-order valence-corrected chi connectivity index (χ3v) is 5.50. The fourth-order valence-electron chi connectivity index (χ4n) is 3.20. The molecule has 0 saturated heterocycles. The Morgan fingerprint density at radius 3 is 2.70 bits per heavy atom. The minimum absolute atomic E-state index is 0.148. The molecule has 4 aromatic rings. The van der Waals surface area contributed by atoms with Crippen molar-refractivity contribution in [2.45, 2.75) is 19.4 Å². The van der Waals surface area contributed by atoms with Gasteiger partial charge in [0.2, 0.25) is 0 Å². The maximum absolute atomic E-state index is 12.8. The molecule has 2 N–H and O–H groups in total. The van der Waals surface area contributed by atoms with Crippen molar-refractivity contribution in [3.63, 3.8) is 0 Å². The van der Waals surface area contributed by atoms with Crippen LogP contribution in [0.2, 0.25) is 0 Å². The van der Waals surface area contributed by atoms with Gasteiger partial charge in [-0.2, -0.15) is 0 Å². The van der Waals surface area contributed by atoms with E-state index < -0.39 is 0 Å². The third-order valence-electron chi connectivity index (χ3n) is 4.64. The average Bonchev–Trinajstić information content (AvgIpc) is 3.20. The zero-order valence-electron chi connectivity index (χ0n) is 16.3. The van der Waals surface area contributed by atoms with Crippen molar-refractivity contribution in [2.24, 2.45) is 0 Å². The molecule has 1 aromatic carbocycles. The first-order valence-corrected chi connectivity index (χ1v) is 10.4. The van der Waals surface area contributed by atoms with Crippen molar-refractivity contribution in [2.75, 3.05) is 0 Å². The first-order valence-electron chi connectivity index (χ1n) is 9.50. The van der Waals surface area contributed by atoms with E-state index in [9.17, 15) is 9.59 Å². The van der Waals surface area contributed by atoms with Crippen LogP contribution in [0, 0.1) is 6.92 Å². The van der Waals surface area contributed by atoms with Gasteiger partial charge in [0.1, 0.15) is 5.82 Å². The lowest BCUT2D eigenvalue weighted by Gasteiger charge is -2.19. The van der Waals surface area contributed by atoms with Gasteiger partial charge in [-0.05, 0) is 30.7 Å². The number of H-pyrrole nitrogens is 1. The van der Waals surface area contributed by atoms with Crippen molar-refractivity contribution in [1.82, 2.24) is 20.3 Å². The van der Waals surface area contributed by atoms with Crippen LogP contribution in [0.4, 0.5) is 0 Å². The SMILES string of the molecule is Cc1cc(C(=O)N[C@@H](Cc2cc(=O)[nH]c(-c3cccnc3)n2)c2ccccc2)cs1. The lowest BCUT2D eigenvalue weighted by molar-refractivity contribution is 0.0936. The summed E-state index contributed by atoms with van der Waals surface area (Å²) in [5, 5.41) is 4.94. The van der Waals surface area contributed by atoms with Gasteiger partial charge in [0.05, 0.1) is 17.3 Å². The molecule has 0 aliphatic heterocycles. The summed E-state index contributed by atoms with van der Waals surface area (Å²) in [5.74, 6) is 0.308. The van der Waals surface area contributed by atoms with Gasteiger partial charge < -0.3 is 10.3 Å². The Bertz CT molecular complexity index is 1200. The molecule has 0 unspecified atom stereocenters. The van der Waals surface area contributed by atoms with Crippen LogP contribution in [-0.2, 0) is 6.42 Å². The highest BCUT2D eigenvalue weighted by atomic mass is 32.1. The second-order valence-corrected chi connectivity index (χ2v) is 8.03. The first kappa shape index (κ1) is 19.7. The molecular weight excluding hydrogens is 396 g/mol. The fraction of sp³-hybridized carbons (Fsp3) is 0.130. The number of benzene rings is 1. The molecule has 0 spiro atoms. The number of hydrogen-bond acceptors (Lipinski definition) is 5. The van der Waals surface area contributed by atoms with Gasteiger partial charge in [-0.1, -0.05) is 30.3 Å². The van der Waals surface area contributed by atoms with Crippen LogP contribution >= 0.6 is 11.3 Å². The average molecular weight is 417 g/mol. The fourth-order valence-corrected chi connectivity index (χ4v) is 3.89. The Labute approximate surface area is 177 Å². The molecule has 7 heteroatoms. The Balaban J connectivity index is 1.64. The molecule has 0 saturated carbocycles. The van der Waals surface area contributed by atoms with Crippen LogP contribution in [-0.4, -0.2) is 20.9 Å². The predicted octanol–water partition coefficient (Wildman–Crippen LogP) is 3.92. The number of aromatic nitrogens is 3. The number of carbonyl (C=O) groups excluding carboxylic acids is 1. The number of aryl methyl sites for hydroxylation is 1. The second kappa shape index (κ2) is 8.84. The number of carbonyl (C=O) groups is 1. The first-order chi connectivity index (χ1) is 14.6. The van der Waals surface area contributed by atoms with Crippen LogP contribution in [0.5, 0.6) is 0 Å². The van der Waals surface area contributed by atoms with E-state index in [1.54, 1.807) is 18.5 Å². The molecule has 1 amide bonds. The molecule has 3 aromatic heterocycles. The highest BCUT2D eigenvalue weighted by Gasteiger charge is 2.18. The van der Waals surface area contributed by atoms with Gasteiger partial charge >= 0.3 is 0 Å². The highest BCUT2D eigenvalue weighted by Crippen LogP contribution is 2.20. The largest absolute Gasteiger partial charge is 0.345 e. The third kappa shape index (κ3) is 4.69. The number of nitrogens with zero attached hydrogens (tertiary/aromatic N) is 2. The van der Waals surface area contributed by atoms with E-state index in [-0.39, 0.29) is 17.5 Å². The maximum Gasteiger partial charge on any atom is 0.252 e. The number of nitrogens with one attached hydrogen (secondary N) is 2. The van der Waals surface area contributed by atoms with Crippen molar-refractivity contribution in [3.05, 3.63) is 104 Å².